The molecule has 1 aromatic rings. The lowest BCUT2D eigenvalue weighted by molar-refractivity contribution is -0.384. The van der Waals surface area contributed by atoms with Gasteiger partial charge in [-0.25, -0.2) is 4.98 Å². The molecule has 1 aliphatic carbocycles. The molecule has 3 N–H and O–H groups in total. The van der Waals surface area contributed by atoms with E-state index in [1.54, 1.807) is 4.90 Å². The summed E-state index contributed by atoms with van der Waals surface area (Å²) in [6.45, 7) is 0.270. The number of hydrogen-bond acceptors (Lipinski definition) is 6. The Morgan fingerprint density at radius 2 is 2.29 bits per heavy atom. The normalized spacial score (nSPS) is 14.6. The molecule has 0 radical (unpaired) electrons. The van der Waals surface area contributed by atoms with Crippen LogP contribution in [0.5, 0.6) is 0 Å². The first-order chi connectivity index (χ1) is 8.13. The summed E-state index contributed by atoms with van der Waals surface area (Å²) >= 11 is 0. The van der Waals surface area contributed by atoms with Crippen molar-refractivity contribution in [1.82, 2.24) is 4.98 Å². The Bertz CT molecular complexity index is 434. The van der Waals surface area contributed by atoms with E-state index >= 15 is 0 Å². The van der Waals surface area contributed by atoms with Gasteiger partial charge in [0.25, 0.3) is 0 Å². The third-order valence-electron chi connectivity index (χ3n) is 2.67. The molecule has 0 aliphatic heterocycles. The smallest absolute Gasteiger partial charge is 0.311 e. The molecule has 1 heterocycles. The van der Waals surface area contributed by atoms with Gasteiger partial charge in [-0.1, -0.05) is 0 Å². The average molecular weight is 238 g/mol. The summed E-state index contributed by atoms with van der Waals surface area (Å²) in [5, 5.41) is 19.9. The van der Waals surface area contributed by atoms with Gasteiger partial charge in [0.05, 0.1) is 11.5 Å². The molecule has 17 heavy (non-hydrogen) atoms. The molecule has 1 aromatic heterocycles. The van der Waals surface area contributed by atoms with Crippen LogP contribution in [0.1, 0.15) is 12.8 Å². The van der Waals surface area contributed by atoms with Gasteiger partial charge >= 0.3 is 5.69 Å². The van der Waals surface area contributed by atoms with Crippen LogP contribution in [0.3, 0.4) is 0 Å². The maximum Gasteiger partial charge on any atom is 0.311 e. The number of nitrogens with two attached hydrogens (primary N) is 1. The summed E-state index contributed by atoms with van der Waals surface area (Å²) in [5.74, 6) is 0.501. The quantitative estimate of drug-likeness (QED) is 0.572. The van der Waals surface area contributed by atoms with Gasteiger partial charge in [-0.05, 0) is 18.9 Å². The van der Waals surface area contributed by atoms with Gasteiger partial charge in [0, 0.05) is 18.7 Å². The molecule has 0 atom stereocenters. The molecule has 1 aliphatic rings. The molecule has 7 nitrogen and oxygen atoms in total. The molecule has 1 saturated carbocycles. The zero-order valence-corrected chi connectivity index (χ0v) is 9.24. The van der Waals surface area contributed by atoms with Crippen molar-refractivity contribution < 1.29 is 10.0 Å². The van der Waals surface area contributed by atoms with Crippen LogP contribution >= 0.6 is 0 Å². The van der Waals surface area contributed by atoms with Crippen LogP contribution in [0, 0.1) is 10.1 Å². The summed E-state index contributed by atoms with van der Waals surface area (Å²) in [4.78, 5) is 16.2. The molecule has 0 amide bonds. The Hall–Kier alpha value is -1.89. The molecule has 0 spiro atoms. The highest BCUT2D eigenvalue weighted by Crippen LogP contribution is 2.35. The van der Waals surface area contributed by atoms with Crippen molar-refractivity contribution in [3.05, 3.63) is 22.2 Å². The van der Waals surface area contributed by atoms with Gasteiger partial charge < -0.3 is 15.7 Å². The molecular formula is C10H14N4O3. The lowest BCUT2D eigenvalue weighted by atomic mass is 10.3. The minimum Gasteiger partial charge on any atom is -0.395 e. The monoisotopic (exact) mass is 238 g/mol. The molecule has 1 fully saturated rings. The molecular weight excluding hydrogens is 224 g/mol. The number of nitrogen functional groups attached to an aromatic ring is 1. The third kappa shape index (κ3) is 2.44. The summed E-state index contributed by atoms with van der Waals surface area (Å²) < 4.78 is 0. The second-order valence-corrected chi connectivity index (χ2v) is 3.98. The topological polar surface area (TPSA) is 106 Å². The maximum absolute atomic E-state index is 10.9. The number of pyridine rings is 1. The number of nitro groups is 1. The van der Waals surface area contributed by atoms with E-state index in [-0.39, 0.29) is 30.0 Å². The Balaban J connectivity index is 2.39. The van der Waals surface area contributed by atoms with Crippen LogP contribution in [0.25, 0.3) is 0 Å². The van der Waals surface area contributed by atoms with Crippen molar-refractivity contribution in [2.75, 3.05) is 23.8 Å². The largest absolute Gasteiger partial charge is 0.395 e. The molecule has 92 valence electrons. The maximum atomic E-state index is 10.9. The van der Waals surface area contributed by atoms with Gasteiger partial charge in [0.1, 0.15) is 5.82 Å². The number of nitrogens with zero attached hydrogens (tertiary/aromatic N) is 3. The average Bonchev–Trinajstić information content (AvgIpc) is 3.09. The molecule has 0 bridgehead atoms. The minimum atomic E-state index is -0.478. The van der Waals surface area contributed by atoms with Crippen molar-refractivity contribution in [1.29, 1.82) is 0 Å². The highest BCUT2D eigenvalue weighted by Gasteiger charge is 2.33. The zero-order chi connectivity index (χ0) is 12.4. The summed E-state index contributed by atoms with van der Waals surface area (Å²) in [6, 6.07) is 2.99. The first kappa shape index (κ1) is 11.6. The molecule has 0 unspecified atom stereocenters. The van der Waals surface area contributed by atoms with E-state index in [2.05, 4.69) is 4.98 Å². The van der Waals surface area contributed by atoms with Crippen molar-refractivity contribution in [2.24, 2.45) is 0 Å². The summed E-state index contributed by atoms with van der Waals surface area (Å²) in [6.07, 6.45) is 1.93. The lowest BCUT2D eigenvalue weighted by Crippen LogP contribution is -2.30. The van der Waals surface area contributed by atoms with E-state index < -0.39 is 4.92 Å². The van der Waals surface area contributed by atoms with E-state index in [4.69, 9.17) is 10.8 Å². The zero-order valence-electron chi connectivity index (χ0n) is 9.24. The van der Waals surface area contributed by atoms with Gasteiger partial charge in [-0.2, -0.15) is 0 Å². The highest BCUT2D eigenvalue weighted by atomic mass is 16.6. The fourth-order valence-electron chi connectivity index (χ4n) is 1.76. The predicted octanol–water partition coefficient (Wildman–Crippen LogP) is 0.533. The second-order valence-electron chi connectivity index (χ2n) is 3.98. The highest BCUT2D eigenvalue weighted by molar-refractivity contribution is 5.62. The van der Waals surface area contributed by atoms with Crippen molar-refractivity contribution >= 4 is 17.3 Å². The first-order valence-electron chi connectivity index (χ1n) is 5.42. The van der Waals surface area contributed by atoms with Gasteiger partial charge in [-0.15, -0.1) is 0 Å². The Morgan fingerprint density at radius 1 is 1.59 bits per heavy atom. The van der Waals surface area contributed by atoms with Crippen LogP contribution in [-0.2, 0) is 0 Å². The SMILES string of the molecule is Nc1ccc([N+](=O)[O-])c(N(CCO)C2CC2)n1. The molecule has 0 saturated heterocycles. The fourth-order valence-corrected chi connectivity index (χ4v) is 1.76. The van der Waals surface area contributed by atoms with E-state index in [9.17, 15) is 10.1 Å². The van der Waals surface area contributed by atoms with Crippen LogP contribution in [0.2, 0.25) is 0 Å². The molecule has 7 heteroatoms. The van der Waals surface area contributed by atoms with E-state index in [0.717, 1.165) is 12.8 Å². The van der Waals surface area contributed by atoms with Crippen molar-refractivity contribution in [3.8, 4) is 0 Å². The van der Waals surface area contributed by atoms with Crippen molar-refractivity contribution in [2.45, 2.75) is 18.9 Å². The van der Waals surface area contributed by atoms with Gasteiger partial charge in [-0.3, -0.25) is 10.1 Å². The molecule has 2 rings (SSSR count). The predicted molar refractivity (Wildman–Crippen MR) is 62.8 cm³/mol. The standard InChI is InChI=1S/C10H14N4O3/c11-9-4-3-8(14(16)17)10(12-9)13(5-6-15)7-1-2-7/h3-4,7,15H,1-2,5-6H2,(H2,11,12). The van der Waals surface area contributed by atoms with Crippen LogP contribution in [0.15, 0.2) is 12.1 Å². The number of aliphatic hydroxyl groups is 1. The van der Waals surface area contributed by atoms with Crippen LogP contribution in [-0.4, -0.2) is 34.2 Å². The summed E-state index contributed by atoms with van der Waals surface area (Å²) in [7, 11) is 0. The van der Waals surface area contributed by atoms with Crippen LogP contribution in [0.4, 0.5) is 17.3 Å². The Kier molecular flexibility index (Phi) is 3.10. The Labute approximate surface area is 98.0 Å². The number of aromatic nitrogens is 1. The first-order valence-corrected chi connectivity index (χ1v) is 5.42. The fraction of sp³-hybridized carbons (Fsp3) is 0.500. The van der Waals surface area contributed by atoms with E-state index in [1.807, 2.05) is 0 Å². The number of hydrogen-bond donors (Lipinski definition) is 2. The number of anilines is 2. The second kappa shape index (κ2) is 4.54. The van der Waals surface area contributed by atoms with E-state index in [1.165, 1.54) is 12.1 Å². The van der Waals surface area contributed by atoms with E-state index in [0.29, 0.717) is 6.54 Å². The molecule has 0 aromatic carbocycles. The third-order valence-corrected chi connectivity index (χ3v) is 2.67. The van der Waals surface area contributed by atoms with Crippen LogP contribution < -0.4 is 10.6 Å². The minimum absolute atomic E-state index is 0.0653. The number of rotatable bonds is 5. The number of aliphatic hydroxyl groups excluding tert-OH is 1. The van der Waals surface area contributed by atoms with Crippen molar-refractivity contribution in [3.63, 3.8) is 0 Å². The Morgan fingerprint density at radius 3 is 2.82 bits per heavy atom. The van der Waals surface area contributed by atoms with Gasteiger partial charge in [0.15, 0.2) is 0 Å². The summed E-state index contributed by atoms with van der Waals surface area (Å²) in [5.41, 5.74) is 5.49. The van der Waals surface area contributed by atoms with Gasteiger partial charge in [0.2, 0.25) is 5.82 Å². The lowest BCUT2D eigenvalue weighted by Gasteiger charge is -2.22.